The van der Waals surface area contributed by atoms with Crippen LogP contribution in [-0.4, -0.2) is 34.0 Å². The first kappa shape index (κ1) is 14.1. The highest BCUT2D eigenvalue weighted by Gasteiger charge is 2.47. The van der Waals surface area contributed by atoms with Crippen molar-refractivity contribution in [3.05, 3.63) is 0 Å². The predicted molar refractivity (Wildman–Crippen MR) is 68.8 cm³/mol. The van der Waals surface area contributed by atoms with Gasteiger partial charge in [-0.2, -0.15) is 0 Å². The van der Waals surface area contributed by atoms with E-state index in [2.05, 4.69) is 13.8 Å². The van der Waals surface area contributed by atoms with Crippen LogP contribution in [0.3, 0.4) is 0 Å². The largest absolute Gasteiger partial charge is 0.380 e. The molecule has 0 spiro atoms. The lowest BCUT2D eigenvalue weighted by Gasteiger charge is -2.47. The van der Waals surface area contributed by atoms with Gasteiger partial charge in [-0.3, -0.25) is 4.21 Å². The zero-order valence-corrected chi connectivity index (χ0v) is 11.9. The van der Waals surface area contributed by atoms with E-state index < -0.39 is 10.8 Å². The summed E-state index contributed by atoms with van der Waals surface area (Å²) in [6.07, 6.45) is 0. The summed E-state index contributed by atoms with van der Waals surface area (Å²) < 4.78 is 17.3. The molecule has 0 aliphatic carbocycles. The van der Waals surface area contributed by atoms with Gasteiger partial charge in [-0.05, 0) is 26.7 Å². The fraction of sp³-hybridized carbons (Fsp3) is 1.00. The van der Waals surface area contributed by atoms with E-state index in [0.29, 0.717) is 24.9 Å². The summed E-state index contributed by atoms with van der Waals surface area (Å²) in [6.45, 7) is 11.6. The van der Waals surface area contributed by atoms with Gasteiger partial charge in [0.05, 0.1) is 13.2 Å². The minimum Gasteiger partial charge on any atom is -0.380 e. The van der Waals surface area contributed by atoms with Crippen LogP contribution in [0.4, 0.5) is 0 Å². The molecule has 0 aromatic heterocycles. The van der Waals surface area contributed by atoms with Crippen molar-refractivity contribution in [2.75, 3.05) is 19.0 Å². The molecule has 0 aromatic carbocycles. The Labute approximate surface area is 102 Å². The van der Waals surface area contributed by atoms with Crippen LogP contribution in [-0.2, 0) is 15.5 Å². The molecule has 0 aromatic rings. The molecule has 1 unspecified atom stereocenters. The Morgan fingerprint density at radius 3 is 2.12 bits per heavy atom. The third kappa shape index (κ3) is 2.84. The average Bonchev–Trinajstić information content (AvgIpc) is 2.07. The van der Waals surface area contributed by atoms with Crippen molar-refractivity contribution < 1.29 is 8.95 Å². The van der Waals surface area contributed by atoms with Gasteiger partial charge in [-0.15, -0.1) is 0 Å². The summed E-state index contributed by atoms with van der Waals surface area (Å²) >= 11 is 0. The summed E-state index contributed by atoms with van der Waals surface area (Å²) in [5, 5.41) is 0. The van der Waals surface area contributed by atoms with Crippen LogP contribution in [0.1, 0.15) is 34.6 Å². The highest BCUT2D eigenvalue weighted by Crippen LogP contribution is 2.36. The highest BCUT2D eigenvalue weighted by atomic mass is 32.2. The molecule has 4 heteroatoms. The van der Waals surface area contributed by atoms with Gasteiger partial charge < -0.3 is 10.5 Å². The third-order valence-corrected chi connectivity index (χ3v) is 5.51. The molecule has 0 radical (unpaired) electrons. The predicted octanol–water partition coefficient (Wildman–Crippen LogP) is 1.53. The molecule has 2 N–H and O–H groups in total. The number of rotatable bonds is 4. The van der Waals surface area contributed by atoms with Gasteiger partial charge in [0, 0.05) is 32.8 Å². The van der Waals surface area contributed by atoms with E-state index in [1.807, 2.05) is 20.8 Å². The zero-order valence-electron chi connectivity index (χ0n) is 11.1. The van der Waals surface area contributed by atoms with E-state index >= 15 is 0 Å². The lowest BCUT2D eigenvalue weighted by molar-refractivity contribution is -0.118. The second kappa shape index (κ2) is 4.75. The minimum absolute atomic E-state index is 0.0632. The highest BCUT2D eigenvalue weighted by molar-refractivity contribution is 7.86. The van der Waals surface area contributed by atoms with E-state index in [0.717, 1.165) is 0 Å². The molecule has 0 bridgehead atoms. The van der Waals surface area contributed by atoms with Crippen LogP contribution in [0.2, 0.25) is 0 Å². The first-order valence-corrected chi connectivity index (χ1v) is 7.23. The monoisotopic (exact) mass is 247 g/mol. The molecule has 1 rings (SSSR count). The van der Waals surface area contributed by atoms with E-state index in [9.17, 15) is 4.21 Å². The van der Waals surface area contributed by atoms with Gasteiger partial charge in [-0.1, -0.05) is 13.8 Å². The van der Waals surface area contributed by atoms with Crippen LogP contribution >= 0.6 is 0 Å². The van der Waals surface area contributed by atoms with Gasteiger partial charge in [0.15, 0.2) is 0 Å². The topological polar surface area (TPSA) is 52.3 Å². The molecule has 1 heterocycles. The molecule has 16 heavy (non-hydrogen) atoms. The Balaban J connectivity index is 2.72. The van der Waals surface area contributed by atoms with Crippen LogP contribution in [0.5, 0.6) is 0 Å². The maximum Gasteiger partial charge on any atom is 0.0568 e. The minimum atomic E-state index is -0.852. The van der Waals surface area contributed by atoms with E-state index in [4.69, 9.17) is 10.5 Å². The maximum atomic E-state index is 12.2. The second-order valence-electron chi connectivity index (χ2n) is 6.23. The summed E-state index contributed by atoms with van der Waals surface area (Å²) in [6, 6.07) is 0.0764. The standard InChI is InChI=1S/C12H25NO2S/c1-9(2)10(13)12(6-15-7-12)8-16(14)11(3,4)5/h9-10H,6-8,13H2,1-5H3/t10?,16-/m1/s1. The Bertz CT molecular complexity index is 267. The van der Waals surface area contributed by atoms with Crippen molar-refractivity contribution in [3.8, 4) is 0 Å². The molecule has 1 saturated heterocycles. The van der Waals surface area contributed by atoms with Crippen LogP contribution in [0.25, 0.3) is 0 Å². The summed E-state index contributed by atoms with van der Waals surface area (Å²) in [4.78, 5) is 0. The molecule has 0 saturated carbocycles. The van der Waals surface area contributed by atoms with Crippen molar-refractivity contribution in [1.82, 2.24) is 0 Å². The van der Waals surface area contributed by atoms with Crippen molar-refractivity contribution in [1.29, 1.82) is 0 Å². The molecule has 96 valence electrons. The molecular formula is C12H25NO2S. The SMILES string of the molecule is CC(C)C(N)C1(C[S@@](=O)C(C)(C)C)COC1. The van der Waals surface area contributed by atoms with Crippen molar-refractivity contribution in [2.24, 2.45) is 17.1 Å². The van der Waals surface area contributed by atoms with Crippen LogP contribution in [0, 0.1) is 11.3 Å². The number of ether oxygens (including phenoxy) is 1. The zero-order chi connectivity index (χ0) is 12.6. The Morgan fingerprint density at radius 1 is 1.38 bits per heavy atom. The molecular weight excluding hydrogens is 222 g/mol. The number of nitrogens with two attached hydrogens (primary N) is 1. The van der Waals surface area contributed by atoms with E-state index in [-0.39, 0.29) is 16.2 Å². The molecule has 1 aliphatic rings. The lowest BCUT2D eigenvalue weighted by Crippen LogP contribution is -2.60. The normalized spacial score (nSPS) is 23.9. The van der Waals surface area contributed by atoms with Crippen molar-refractivity contribution in [3.63, 3.8) is 0 Å². The van der Waals surface area contributed by atoms with E-state index in [1.165, 1.54) is 0 Å². The molecule has 3 nitrogen and oxygen atoms in total. The first-order chi connectivity index (χ1) is 7.19. The summed E-state index contributed by atoms with van der Waals surface area (Å²) in [7, 11) is -0.852. The Morgan fingerprint density at radius 2 is 1.88 bits per heavy atom. The Kier molecular flexibility index (Phi) is 4.19. The van der Waals surface area contributed by atoms with Gasteiger partial charge in [0.25, 0.3) is 0 Å². The van der Waals surface area contributed by atoms with Gasteiger partial charge >= 0.3 is 0 Å². The smallest absolute Gasteiger partial charge is 0.0568 e. The third-order valence-electron chi connectivity index (χ3n) is 3.31. The molecule has 1 fully saturated rings. The lowest BCUT2D eigenvalue weighted by atomic mass is 9.75. The van der Waals surface area contributed by atoms with E-state index in [1.54, 1.807) is 0 Å². The molecule has 1 aliphatic heterocycles. The summed E-state index contributed by atoms with van der Waals surface area (Å²) in [5.74, 6) is 1.07. The number of hydrogen-bond donors (Lipinski definition) is 1. The molecule has 0 amide bonds. The first-order valence-electron chi connectivity index (χ1n) is 5.91. The maximum absolute atomic E-state index is 12.2. The fourth-order valence-electron chi connectivity index (χ4n) is 1.92. The quantitative estimate of drug-likeness (QED) is 0.820. The van der Waals surface area contributed by atoms with Crippen LogP contribution < -0.4 is 5.73 Å². The van der Waals surface area contributed by atoms with Crippen molar-refractivity contribution >= 4 is 10.8 Å². The average molecular weight is 247 g/mol. The Hall–Kier alpha value is 0.0700. The van der Waals surface area contributed by atoms with Gasteiger partial charge in [0.1, 0.15) is 0 Å². The summed E-state index contributed by atoms with van der Waals surface area (Å²) in [5.41, 5.74) is 6.17. The number of hydrogen-bond acceptors (Lipinski definition) is 3. The van der Waals surface area contributed by atoms with Crippen molar-refractivity contribution in [2.45, 2.75) is 45.4 Å². The van der Waals surface area contributed by atoms with Gasteiger partial charge in [-0.25, -0.2) is 0 Å². The van der Waals surface area contributed by atoms with Crippen LogP contribution in [0.15, 0.2) is 0 Å². The fourth-order valence-corrected chi connectivity index (χ4v) is 3.24. The second-order valence-corrected chi connectivity index (χ2v) is 8.43. The molecule has 2 atom stereocenters. The van der Waals surface area contributed by atoms with Gasteiger partial charge in [0.2, 0.25) is 0 Å².